The van der Waals surface area contributed by atoms with Crippen molar-refractivity contribution in [1.82, 2.24) is 14.7 Å². The summed E-state index contributed by atoms with van der Waals surface area (Å²) in [5, 5.41) is 4.16. The number of benzene rings is 1. The van der Waals surface area contributed by atoms with Gasteiger partial charge in [0.2, 0.25) is 0 Å². The molecule has 2 heterocycles. The van der Waals surface area contributed by atoms with Gasteiger partial charge in [-0.25, -0.2) is 9.78 Å². The number of rotatable bonds is 5. The number of halogens is 3. The molecular formula is C21H19F3N4O2. The molecule has 0 radical (unpaired) electrons. The standard InChI is InChI=1S/C21H19F3N4O2/c22-21(23,24)12-26-20(30)27-16-6-2-5-14(9-16)17-11-25-18-10-15(7-8-28(17)18)19(29)13-3-1-4-13/h2,5-11,13H,1,3-4,12H2,(H2,26,27,30). The van der Waals surface area contributed by atoms with E-state index < -0.39 is 18.8 Å². The molecule has 0 saturated heterocycles. The highest BCUT2D eigenvalue weighted by Gasteiger charge is 2.28. The van der Waals surface area contributed by atoms with Crippen molar-refractivity contribution in [2.24, 2.45) is 5.92 Å². The van der Waals surface area contributed by atoms with Crippen molar-refractivity contribution in [3.8, 4) is 11.3 Å². The van der Waals surface area contributed by atoms with Crippen LogP contribution >= 0.6 is 0 Å². The van der Waals surface area contributed by atoms with E-state index in [1.807, 2.05) is 4.40 Å². The minimum Gasteiger partial charge on any atom is -0.329 e. The number of nitrogens with one attached hydrogen (secondary N) is 2. The second-order valence-electron chi connectivity index (χ2n) is 7.28. The van der Waals surface area contributed by atoms with Crippen molar-refractivity contribution >= 4 is 23.1 Å². The van der Waals surface area contributed by atoms with E-state index in [0.29, 0.717) is 22.5 Å². The highest BCUT2D eigenvalue weighted by Crippen LogP contribution is 2.30. The molecule has 0 bridgehead atoms. The molecular weight excluding hydrogens is 397 g/mol. The third-order valence-corrected chi connectivity index (χ3v) is 5.14. The number of aromatic nitrogens is 2. The van der Waals surface area contributed by atoms with Gasteiger partial charge in [-0.3, -0.25) is 9.20 Å². The first kappa shape index (κ1) is 19.9. The van der Waals surface area contributed by atoms with Crippen LogP contribution in [0.1, 0.15) is 29.6 Å². The van der Waals surface area contributed by atoms with Crippen LogP contribution in [0.15, 0.2) is 48.8 Å². The van der Waals surface area contributed by atoms with Gasteiger partial charge in [-0.1, -0.05) is 18.6 Å². The molecule has 0 spiro atoms. The number of nitrogens with zero attached hydrogens (tertiary/aromatic N) is 2. The number of pyridine rings is 1. The number of imidazole rings is 1. The minimum atomic E-state index is -4.48. The van der Waals surface area contributed by atoms with Gasteiger partial charge in [0, 0.05) is 28.9 Å². The van der Waals surface area contributed by atoms with Crippen LogP contribution in [-0.2, 0) is 0 Å². The van der Waals surface area contributed by atoms with Crippen LogP contribution in [0.25, 0.3) is 16.9 Å². The number of fused-ring (bicyclic) bond motifs is 1. The van der Waals surface area contributed by atoms with Crippen LogP contribution in [0, 0.1) is 5.92 Å². The van der Waals surface area contributed by atoms with E-state index in [1.54, 1.807) is 54.1 Å². The lowest BCUT2D eigenvalue weighted by Gasteiger charge is -2.23. The third-order valence-electron chi connectivity index (χ3n) is 5.14. The molecule has 0 unspecified atom stereocenters. The average Bonchev–Trinajstić information content (AvgIpc) is 3.08. The smallest absolute Gasteiger partial charge is 0.329 e. The Balaban J connectivity index is 1.53. The number of carbonyl (C=O) groups excluding carboxylic acids is 2. The lowest BCUT2D eigenvalue weighted by atomic mass is 9.80. The van der Waals surface area contributed by atoms with Gasteiger partial charge in [-0.2, -0.15) is 13.2 Å². The lowest BCUT2D eigenvalue weighted by molar-refractivity contribution is -0.122. The fourth-order valence-corrected chi connectivity index (χ4v) is 3.37. The maximum atomic E-state index is 12.5. The maximum Gasteiger partial charge on any atom is 0.405 e. The number of anilines is 1. The number of alkyl halides is 3. The molecule has 9 heteroatoms. The minimum absolute atomic E-state index is 0.105. The predicted octanol–water partition coefficient (Wildman–Crippen LogP) is 4.67. The Kier molecular flexibility index (Phi) is 5.19. The van der Waals surface area contributed by atoms with Gasteiger partial charge in [0.15, 0.2) is 5.78 Å². The van der Waals surface area contributed by atoms with Gasteiger partial charge in [0.1, 0.15) is 12.2 Å². The Morgan fingerprint density at radius 3 is 2.67 bits per heavy atom. The zero-order valence-electron chi connectivity index (χ0n) is 15.9. The Morgan fingerprint density at radius 2 is 1.97 bits per heavy atom. The number of ketones is 1. The summed E-state index contributed by atoms with van der Waals surface area (Å²) in [6, 6.07) is 9.29. The third kappa shape index (κ3) is 4.29. The SMILES string of the molecule is O=C(NCC(F)(F)F)Nc1cccc(-c2cnc3cc(C(=O)C4CCC4)ccn23)c1. The monoisotopic (exact) mass is 416 g/mol. The van der Waals surface area contributed by atoms with Gasteiger partial charge in [0.25, 0.3) is 0 Å². The number of urea groups is 1. The normalized spacial score (nSPS) is 14.4. The first-order chi connectivity index (χ1) is 14.3. The van der Waals surface area contributed by atoms with Gasteiger partial charge in [-0.15, -0.1) is 0 Å². The van der Waals surface area contributed by atoms with Gasteiger partial charge in [-0.05, 0) is 37.1 Å². The van der Waals surface area contributed by atoms with E-state index in [4.69, 9.17) is 0 Å². The number of amides is 2. The van der Waals surface area contributed by atoms with Gasteiger partial charge < -0.3 is 10.6 Å². The van der Waals surface area contributed by atoms with Crippen LogP contribution in [0.3, 0.4) is 0 Å². The molecule has 3 aromatic rings. The molecule has 1 aliphatic rings. The van der Waals surface area contributed by atoms with E-state index in [1.165, 1.54) is 0 Å². The lowest BCUT2D eigenvalue weighted by Crippen LogP contribution is -2.36. The Hall–Kier alpha value is -3.36. The zero-order chi connectivity index (χ0) is 21.3. The Labute approximate surface area is 170 Å². The molecule has 30 heavy (non-hydrogen) atoms. The molecule has 1 fully saturated rings. The van der Waals surface area contributed by atoms with E-state index in [0.717, 1.165) is 25.0 Å². The summed E-state index contributed by atoms with van der Waals surface area (Å²) in [5.41, 5.74) is 3.05. The molecule has 4 rings (SSSR count). The molecule has 1 aromatic carbocycles. The molecule has 2 aromatic heterocycles. The summed E-state index contributed by atoms with van der Waals surface area (Å²) in [6.45, 7) is -1.41. The van der Waals surface area contributed by atoms with Crippen LogP contribution in [0.5, 0.6) is 0 Å². The summed E-state index contributed by atoms with van der Waals surface area (Å²) >= 11 is 0. The number of hydrogen-bond donors (Lipinski definition) is 2. The van der Waals surface area contributed by atoms with Crippen LogP contribution in [-0.4, -0.2) is 33.9 Å². The van der Waals surface area contributed by atoms with Crippen LogP contribution in [0.2, 0.25) is 0 Å². The van der Waals surface area contributed by atoms with Crippen molar-refractivity contribution in [2.45, 2.75) is 25.4 Å². The molecule has 1 saturated carbocycles. The van der Waals surface area contributed by atoms with Gasteiger partial charge in [0.05, 0.1) is 11.9 Å². The zero-order valence-corrected chi connectivity index (χ0v) is 15.9. The van der Waals surface area contributed by atoms with Gasteiger partial charge >= 0.3 is 12.2 Å². The van der Waals surface area contributed by atoms with Crippen molar-refractivity contribution in [2.75, 3.05) is 11.9 Å². The molecule has 0 aliphatic heterocycles. The van der Waals surface area contributed by atoms with Crippen molar-refractivity contribution in [3.05, 3.63) is 54.4 Å². The summed E-state index contributed by atoms with van der Waals surface area (Å²) in [7, 11) is 0. The summed E-state index contributed by atoms with van der Waals surface area (Å²) in [5.74, 6) is 0.248. The summed E-state index contributed by atoms with van der Waals surface area (Å²) in [6.07, 6.45) is 1.90. The molecule has 2 N–H and O–H groups in total. The predicted molar refractivity (Wildman–Crippen MR) is 105 cm³/mol. The molecule has 2 amide bonds. The van der Waals surface area contributed by atoms with Crippen LogP contribution < -0.4 is 10.6 Å². The average molecular weight is 416 g/mol. The maximum absolute atomic E-state index is 12.5. The quantitative estimate of drug-likeness (QED) is 0.594. The first-order valence-corrected chi connectivity index (χ1v) is 9.53. The van der Waals surface area contributed by atoms with Crippen molar-refractivity contribution in [3.63, 3.8) is 0 Å². The number of hydrogen-bond acceptors (Lipinski definition) is 3. The molecule has 156 valence electrons. The first-order valence-electron chi connectivity index (χ1n) is 9.53. The largest absolute Gasteiger partial charge is 0.405 e. The Bertz CT molecular complexity index is 1100. The highest BCUT2D eigenvalue weighted by molar-refractivity contribution is 5.99. The van der Waals surface area contributed by atoms with E-state index in [9.17, 15) is 22.8 Å². The van der Waals surface area contributed by atoms with E-state index in [-0.39, 0.29) is 11.7 Å². The van der Waals surface area contributed by atoms with E-state index >= 15 is 0 Å². The number of Topliss-reactive ketones (excluding diaryl/α,β-unsaturated/α-hetero) is 1. The van der Waals surface area contributed by atoms with Crippen molar-refractivity contribution in [1.29, 1.82) is 0 Å². The topological polar surface area (TPSA) is 75.5 Å². The van der Waals surface area contributed by atoms with E-state index in [2.05, 4.69) is 10.3 Å². The summed E-state index contributed by atoms with van der Waals surface area (Å²) < 4.78 is 38.5. The molecule has 1 aliphatic carbocycles. The molecule has 0 atom stereocenters. The highest BCUT2D eigenvalue weighted by atomic mass is 19.4. The van der Waals surface area contributed by atoms with Crippen molar-refractivity contribution < 1.29 is 22.8 Å². The summed E-state index contributed by atoms with van der Waals surface area (Å²) in [4.78, 5) is 28.5. The fraction of sp³-hybridized carbons (Fsp3) is 0.286. The Morgan fingerprint density at radius 1 is 1.17 bits per heavy atom. The number of carbonyl (C=O) groups is 2. The second-order valence-corrected chi connectivity index (χ2v) is 7.28. The fourth-order valence-electron chi connectivity index (χ4n) is 3.37. The second kappa shape index (κ2) is 7.81. The van der Waals surface area contributed by atoms with Crippen LogP contribution in [0.4, 0.5) is 23.7 Å². The molecule has 6 nitrogen and oxygen atoms in total.